The van der Waals surface area contributed by atoms with Crippen LogP contribution in [0.5, 0.6) is 11.5 Å². The molecule has 2 aromatic carbocycles. The molecule has 4 heteroatoms. The van der Waals surface area contributed by atoms with Gasteiger partial charge in [0.25, 0.3) is 0 Å². The zero-order chi connectivity index (χ0) is 21.0. The molecule has 2 fully saturated rings. The van der Waals surface area contributed by atoms with Crippen molar-refractivity contribution in [1.29, 1.82) is 0 Å². The van der Waals surface area contributed by atoms with E-state index in [-0.39, 0.29) is 0 Å². The first-order valence-electron chi connectivity index (χ1n) is 12.2. The average molecular weight is 421 g/mol. The van der Waals surface area contributed by atoms with E-state index in [1.165, 1.54) is 75.0 Å². The van der Waals surface area contributed by atoms with Gasteiger partial charge in [0, 0.05) is 25.0 Å². The van der Waals surface area contributed by atoms with Crippen molar-refractivity contribution in [3.05, 3.63) is 59.2 Å². The maximum Gasteiger partial charge on any atom is 0.119 e. The number of likely N-dealkylation sites (tertiary alicyclic amines) is 1. The maximum absolute atomic E-state index is 6.22. The normalized spacial score (nSPS) is 23.9. The van der Waals surface area contributed by atoms with E-state index in [0.29, 0.717) is 12.0 Å². The number of hydrogen-bond donors (Lipinski definition) is 0. The van der Waals surface area contributed by atoms with Crippen LogP contribution in [0.4, 0.5) is 0 Å². The van der Waals surface area contributed by atoms with E-state index in [0.717, 1.165) is 31.1 Å². The molecule has 3 aliphatic heterocycles. The Kier molecular flexibility index (Phi) is 6.47. The molecule has 2 saturated heterocycles. The molecular weight excluding hydrogens is 384 g/mol. The van der Waals surface area contributed by atoms with Crippen LogP contribution in [0.3, 0.4) is 0 Å². The summed E-state index contributed by atoms with van der Waals surface area (Å²) in [7, 11) is 1.73. The Morgan fingerprint density at radius 2 is 1.68 bits per heavy atom. The molecule has 0 aromatic heterocycles. The molecule has 4 nitrogen and oxygen atoms in total. The fourth-order valence-electron chi connectivity index (χ4n) is 5.76. The molecule has 166 valence electrons. The highest BCUT2D eigenvalue weighted by Crippen LogP contribution is 2.45. The predicted molar refractivity (Wildman–Crippen MR) is 125 cm³/mol. The number of fused-ring (bicyclic) bond motifs is 3. The van der Waals surface area contributed by atoms with Crippen molar-refractivity contribution in [2.24, 2.45) is 0 Å². The van der Waals surface area contributed by atoms with Crippen LogP contribution < -0.4 is 9.47 Å². The van der Waals surface area contributed by atoms with Crippen molar-refractivity contribution in [3.63, 3.8) is 0 Å². The minimum Gasteiger partial charge on any atom is -0.497 e. The molecule has 2 aromatic rings. The summed E-state index contributed by atoms with van der Waals surface area (Å²) in [6.45, 7) is 6.83. The van der Waals surface area contributed by atoms with Crippen LogP contribution in [-0.2, 0) is 0 Å². The number of nitrogens with zero attached hydrogens (tertiary/aromatic N) is 2. The lowest BCUT2D eigenvalue weighted by Gasteiger charge is -2.37. The van der Waals surface area contributed by atoms with E-state index in [9.17, 15) is 0 Å². The Morgan fingerprint density at radius 3 is 2.48 bits per heavy atom. The summed E-state index contributed by atoms with van der Waals surface area (Å²) >= 11 is 0. The van der Waals surface area contributed by atoms with Gasteiger partial charge in [-0.15, -0.1) is 0 Å². The molecule has 0 unspecified atom stereocenters. The topological polar surface area (TPSA) is 24.9 Å². The monoisotopic (exact) mass is 420 g/mol. The SMILES string of the molecule is COc1ccc([C@H]2CN3CCC[C@@H]3c3cc(OCCCN4CCCCC4)ccc32)cc1. The molecule has 0 N–H and O–H groups in total. The Hall–Kier alpha value is -2.04. The quantitative estimate of drug-likeness (QED) is 0.573. The van der Waals surface area contributed by atoms with Crippen molar-refractivity contribution in [3.8, 4) is 11.5 Å². The van der Waals surface area contributed by atoms with Gasteiger partial charge >= 0.3 is 0 Å². The standard InChI is InChI=1S/C27H36N2O2/c1-30-22-10-8-21(9-11-22)26-20-29-17-5-7-27(29)25-19-23(12-13-24(25)26)31-18-6-16-28-14-3-2-4-15-28/h8-13,19,26-27H,2-7,14-18,20H2,1H3/t26-,27-/m1/s1. The van der Waals surface area contributed by atoms with Crippen LogP contribution in [0, 0.1) is 0 Å². The second kappa shape index (κ2) is 9.62. The number of rotatable bonds is 7. The number of ether oxygens (including phenoxy) is 2. The van der Waals surface area contributed by atoms with Gasteiger partial charge in [0.2, 0.25) is 0 Å². The van der Waals surface area contributed by atoms with E-state index in [1.54, 1.807) is 7.11 Å². The third kappa shape index (κ3) is 4.61. The first kappa shape index (κ1) is 20.8. The first-order valence-corrected chi connectivity index (χ1v) is 12.2. The molecule has 3 aliphatic rings. The third-order valence-electron chi connectivity index (χ3n) is 7.43. The average Bonchev–Trinajstić information content (AvgIpc) is 3.31. The fraction of sp³-hybridized carbons (Fsp3) is 0.556. The molecule has 0 radical (unpaired) electrons. The molecular formula is C27H36N2O2. The summed E-state index contributed by atoms with van der Waals surface area (Å²) in [6.07, 6.45) is 7.79. The lowest BCUT2D eigenvalue weighted by molar-refractivity contribution is 0.204. The molecule has 0 amide bonds. The second-order valence-corrected chi connectivity index (χ2v) is 9.37. The Morgan fingerprint density at radius 1 is 0.871 bits per heavy atom. The van der Waals surface area contributed by atoms with Gasteiger partial charge in [0.15, 0.2) is 0 Å². The largest absolute Gasteiger partial charge is 0.497 e. The molecule has 3 heterocycles. The molecule has 5 rings (SSSR count). The van der Waals surface area contributed by atoms with Gasteiger partial charge in [-0.05, 0) is 92.7 Å². The summed E-state index contributed by atoms with van der Waals surface area (Å²) in [6, 6.07) is 16.1. The van der Waals surface area contributed by atoms with E-state index in [4.69, 9.17) is 9.47 Å². The van der Waals surface area contributed by atoms with Gasteiger partial charge in [-0.1, -0.05) is 24.6 Å². The maximum atomic E-state index is 6.22. The molecule has 0 aliphatic carbocycles. The van der Waals surface area contributed by atoms with Gasteiger partial charge < -0.3 is 14.4 Å². The molecule has 0 saturated carbocycles. The van der Waals surface area contributed by atoms with E-state index >= 15 is 0 Å². The van der Waals surface area contributed by atoms with Gasteiger partial charge in [-0.3, -0.25) is 4.90 Å². The minimum atomic E-state index is 0.420. The molecule has 31 heavy (non-hydrogen) atoms. The highest BCUT2D eigenvalue weighted by molar-refractivity contribution is 5.47. The lowest BCUT2D eigenvalue weighted by Crippen LogP contribution is -2.34. The summed E-state index contributed by atoms with van der Waals surface area (Å²) < 4.78 is 11.6. The van der Waals surface area contributed by atoms with Gasteiger partial charge in [-0.25, -0.2) is 0 Å². The van der Waals surface area contributed by atoms with Crippen molar-refractivity contribution in [2.45, 2.75) is 50.5 Å². The van der Waals surface area contributed by atoms with Crippen LogP contribution in [0.25, 0.3) is 0 Å². The number of hydrogen-bond acceptors (Lipinski definition) is 4. The summed E-state index contributed by atoms with van der Waals surface area (Å²) in [5, 5.41) is 0. The number of piperidine rings is 1. The van der Waals surface area contributed by atoms with Crippen molar-refractivity contribution < 1.29 is 9.47 Å². The van der Waals surface area contributed by atoms with Crippen LogP contribution in [0.2, 0.25) is 0 Å². The Balaban J connectivity index is 1.29. The molecule has 2 atom stereocenters. The Bertz CT molecular complexity index is 860. The third-order valence-corrected chi connectivity index (χ3v) is 7.43. The fourth-order valence-corrected chi connectivity index (χ4v) is 5.76. The van der Waals surface area contributed by atoms with E-state index in [2.05, 4.69) is 52.3 Å². The zero-order valence-electron chi connectivity index (χ0n) is 18.9. The number of benzene rings is 2. The molecule has 0 bridgehead atoms. The van der Waals surface area contributed by atoms with E-state index < -0.39 is 0 Å². The van der Waals surface area contributed by atoms with Crippen LogP contribution >= 0.6 is 0 Å². The number of methoxy groups -OCH3 is 1. The minimum absolute atomic E-state index is 0.420. The van der Waals surface area contributed by atoms with Gasteiger partial charge in [0.05, 0.1) is 13.7 Å². The summed E-state index contributed by atoms with van der Waals surface area (Å²) in [5.74, 6) is 2.38. The highest BCUT2D eigenvalue weighted by Gasteiger charge is 2.36. The highest BCUT2D eigenvalue weighted by atomic mass is 16.5. The van der Waals surface area contributed by atoms with Gasteiger partial charge in [0.1, 0.15) is 11.5 Å². The molecule has 0 spiro atoms. The summed E-state index contributed by atoms with van der Waals surface area (Å²) in [5.41, 5.74) is 4.34. The van der Waals surface area contributed by atoms with Crippen LogP contribution in [0.15, 0.2) is 42.5 Å². The van der Waals surface area contributed by atoms with Crippen molar-refractivity contribution in [2.75, 3.05) is 46.4 Å². The second-order valence-electron chi connectivity index (χ2n) is 9.37. The van der Waals surface area contributed by atoms with Crippen LogP contribution in [-0.4, -0.2) is 56.2 Å². The first-order chi connectivity index (χ1) is 15.3. The zero-order valence-corrected chi connectivity index (χ0v) is 18.9. The smallest absolute Gasteiger partial charge is 0.119 e. The van der Waals surface area contributed by atoms with Crippen molar-refractivity contribution in [1.82, 2.24) is 9.80 Å². The van der Waals surface area contributed by atoms with Crippen LogP contribution in [0.1, 0.15) is 67.2 Å². The predicted octanol–water partition coefficient (Wildman–Crippen LogP) is 5.23. The van der Waals surface area contributed by atoms with Crippen molar-refractivity contribution >= 4 is 0 Å². The Labute approximate surface area is 187 Å². The van der Waals surface area contributed by atoms with E-state index in [1.807, 2.05) is 0 Å². The lowest BCUT2D eigenvalue weighted by atomic mass is 9.81. The van der Waals surface area contributed by atoms with Gasteiger partial charge in [-0.2, -0.15) is 0 Å². The summed E-state index contributed by atoms with van der Waals surface area (Å²) in [4.78, 5) is 5.27.